The summed E-state index contributed by atoms with van der Waals surface area (Å²) in [6, 6.07) is 14.9. The van der Waals surface area contributed by atoms with Crippen molar-refractivity contribution in [3.63, 3.8) is 0 Å². The Hall–Kier alpha value is -2.11. The molecule has 5 nitrogen and oxygen atoms in total. The van der Waals surface area contributed by atoms with Gasteiger partial charge in [0, 0.05) is 30.3 Å². The summed E-state index contributed by atoms with van der Waals surface area (Å²) >= 11 is 0. The first-order valence-electron chi connectivity index (χ1n) is 8.20. The Morgan fingerprint density at radius 2 is 2.04 bits per heavy atom. The third-order valence-electron chi connectivity index (χ3n) is 4.27. The monoisotopic (exact) mass is 343 g/mol. The van der Waals surface area contributed by atoms with Gasteiger partial charge in [-0.25, -0.2) is 4.98 Å². The van der Waals surface area contributed by atoms with E-state index in [1.807, 2.05) is 35.7 Å². The van der Waals surface area contributed by atoms with Crippen molar-refractivity contribution >= 4 is 23.9 Å². The minimum absolute atomic E-state index is 0. The van der Waals surface area contributed by atoms with E-state index >= 15 is 0 Å². The third kappa shape index (κ3) is 3.37. The lowest BCUT2D eigenvalue weighted by Crippen LogP contribution is -2.38. The highest BCUT2D eigenvalue weighted by molar-refractivity contribution is 5.85. The quantitative estimate of drug-likeness (QED) is 0.766. The van der Waals surface area contributed by atoms with E-state index in [0.717, 1.165) is 41.5 Å². The number of benzene rings is 1. The highest BCUT2D eigenvalue weighted by atomic mass is 35.5. The van der Waals surface area contributed by atoms with E-state index < -0.39 is 0 Å². The Balaban J connectivity index is 0.00000169. The van der Waals surface area contributed by atoms with Crippen molar-refractivity contribution in [2.75, 3.05) is 18.4 Å². The molecule has 0 spiro atoms. The van der Waals surface area contributed by atoms with Crippen LogP contribution in [-0.2, 0) is 0 Å². The molecule has 0 amide bonds. The summed E-state index contributed by atoms with van der Waals surface area (Å²) in [6.07, 6.45) is 2.38. The van der Waals surface area contributed by atoms with Crippen LogP contribution in [0.1, 0.15) is 18.5 Å². The molecule has 4 rings (SSSR count). The number of halogens is 1. The van der Waals surface area contributed by atoms with Crippen LogP contribution < -0.4 is 10.6 Å². The lowest BCUT2D eigenvalue weighted by molar-refractivity contribution is 0.478. The second kappa shape index (κ2) is 7.20. The first-order chi connectivity index (χ1) is 11.3. The van der Waals surface area contributed by atoms with Crippen molar-refractivity contribution < 1.29 is 0 Å². The first-order valence-corrected chi connectivity index (χ1v) is 8.20. The van der Waals surface area contributed by atoms with Crippen LogP contribution in [0, 0.1) is 6.92 Å². The normalized spacial score (nSPS) is 17.5. The molecule has 3 aromatic rings. The number of aryl methyl sites for hydroxylation is 1. The molecular formula is C18H22ClN5. The molecule has 126 valence electrons. The predicted octanol–water partition coefficient (Wildman–Crippen LogP) is 3.29. The number of nitrogens with zero attached hydrogens (tertiary/aromatic N) is 3. The predicted molar refractivity (Wildman–Crippen MR) is 99.9 cm³/mol. The van der Waals surface area contributed by atoms with E-state index in [0.29, 0.717) is 6.04 Å². The van der Waals surface area contributed by atoms with Crippen molar-refractivity contribution in [3.8, 4) is 11.3 Å². The molecule has 0 bridgehead atoms. The zero-order chi connectivity index (χ0) is 15.6. The minimum Gasteiger partial charge on any atom is -0.366 e. The number of rotatable bonds is 3. The average Bonchev–Trinajstić information content (AvgIpc) is 2.97. The average molecular weight is 344 g/mol. The van der Waals surface area contributed by atoms with Gasteiger partial charge in [-0.3, -0.25) is 0 Å². The largest absolute Gasteiger partial charge is 0.366 e. The van der Waals surface area contributed by atoms with Gasteiger partial charge in [-0.05, 0) is 26.3 Å². The lowest BCUT2D eigenvalue weighted by Gasteiger charge is -2.25. The van der Waals surface area contributed by atoms with Crippen LogP contribution in [0.15, 0.2) is 42.5 Å². The number of aromatic nitrogens is 3. The van der Waals surface area contributed by atoms with Crippen LogP contribution in [0.25, 0.3) is 16.9 Å². The minimum atomic E-state index is 0. The van der Waals surface area contributed by atoms with E-state index in [-0.39, 0.29) is 12.4 Å². The Labute approximate surface area is 147 Å². The fourth-order valence-electron chi connectivity index (χ4n) is 3.13. The van der Waals surface area contributed by atoms with E-state index in [1.165, 1.54) is 12.8 Å². The molecule has 1 fully saturated rings. The fraction of sp³-hybridized carbons (Fsp3) is 0.333. The highest BCUT2D eigenvalue weighted by Gasteiger charge is 2.16. The summed E-state index contributed by atoms with van der Waals surface area (Å²) in [4.78, 5) is 4.76. The van der Waals surface area contributed by atoms with Gasteiger partial charge in [-0.1, -0.05) is 30.3 Å². The van der Waals surface area contributed by atoms with Crippen LogP contribution in [0.5, 0.6) is 0 Å². The standard InChI is InChI=1S/C18H21N5.ClH/c1-13-10-17-21-16(14-6-3-2-4-7-14)11-18(23(17)22-13)20-15-8-5-9-19-12-15;/h2-4,6-7,10-11,15,19-20H,5,8-9,12H2,1H3;1H/t15-;/m1./s1. The number of anilines is 1. The van der Waals surface area contributed by atoms with Gasteiger partial charge in [-0.2, -0.15) is 9.61 Å². The molecule has 0 unspecified atom stereocenters. The Bertz CT molecular complexity index is 809. The van der Waals surface area contributed by atoms with E-state index in [1.54, 1.807) is 0 Å². The van der Waals surface area contributed by atoms with Crippen molar-refractivity contribution in [2.45, 2.75) is 25.8 Å². The molecule has 2 aromatic heterocycles. The molecule has 0 aliphatic carbocycles. The van der Waals surface area contributed by atoms with Gasteiger partial charge in [0.2, 0.25) is 0 Å². The lowest BCUT2D eigenvalue weighted by atomic mass is 10.1. The van der Waals surface area contributed by atoms with E-state index in [9.17, 15) is 0 Å². The van der Waals surface area contributed by atoms with E-state index in [2.05, 4.69) is 33.9 Å². The number of piperidine rings is 1. The fourth-order valence-corrected chi connectivity index (χ4v) is 3.13. The molecule has 24 heavy (non-hydrogen) atoms. The highest BCUT2D eigenvalue weighted by Crippen LogP contribution is 2.23. The first kappa shape index (κ1) is 16.7. The number of hydrogen-bond donors (Lipinski definition) is 2. The van der Waals surface area contributed by atoms with Crippen LogP contribution >= 0.6 is 12.4 Å². The van der Waals surface area contributed by atoms with Crippen LogP contribution in [0.3, 0.4) is 0 Å². The SMILES string of the molecule is Cc1cc2nc(-c3ccccc3)cc(N[C@@H]3CCCNC3)n2n1.Cl. The summed E-state index contributed by atoms with van der Waals surface area (Å²) < 4.78 is 1.91. The van der Waals surface area contributed by atoms with Gasteiger partial charge < -0.3 is 10.6 Å². The molecule has 3 heterocycles. The van der Waals surface area contributed by atoms with Gasteiger partial charge >= 0.3 is 0 Å². The van der Waals surface area contributed by atoms with Gasteiger partial charge in [-0.15, -0.1) is 12.4 Å². The zero-order valence-corrected chi connectivity index (χ0v) is 14.5. The maximum absolute atomic E-state index is 4.76. The molecule has 0 saturated carbocycles. The summed E-state index contributed by atoms with van der Waals surface area (Å²) in [5.74, 6) is 1.01. The van der Waals surface area contributed by atoms with Crippen molar-refractivity contribution in [1.82, 2.24) is 19.9 Å². The molecular weight excluding hydrogens is 322 g/mol. The summed E-state index contributed by atoms with van der Waals surface area (Å²) in [5.41, 5.74) is 3.96. The topological polar surface area (TPSA) is 54.2 Å². The van der Waals surface area contributed by atoms with Crippen LogP contribution in [-0.4, -0.2) is 33.7 Å². The molecule has 0 radical (unpaired) electrons. The Morgan fingerprint density at radius 3 is 2.79 bits per heavy atom. The van der Waals surface area contributed by atoms with Crippen LogP contribution in [0.2, 0.25) is 0 Å². The maximum Gasteiger partial charge on any atom is 0.158 e. The molecule has 2 N–H and O–H groups in total. The summed E-state index contributed by atoms with van der Waals surface area (Å²) in [7, 11) is 0. The molecule has 1 atom stereocenters. The third-order valence-corrected chi connectivity index (χ3v) is 4.27. The van der Waals surface area contributed by atoms with Gasteiger partial charge in [0.1, 0.15) is 5.82 Å². The van der Waals surface area contributed by atoms with Crippen molar-refractivity contribution in [3.05, 3.63) is 48.2 Å². The second-order valence-corrected chi connectivity index (χ2v) is 6.14. The van der Waals surface area contributed by atoms with Gasteiger partial charge in [0.15, 0.2) is 5.65 Å². The van der Waals surface area contributed by atoms with Gasteiger partial charge in [0.25, 0.3) is 0 Å². The van der Waals surface area contributed by atoms with Crippen LogP contribution in [0.4, 0.5) is 5.82 Å². The molecule has 1 saturated heterocycles. The molecule has 1 aliphatic heterocycles. The summed E-state index contributed by atoms with van der Waals surface area (Å²) in [6.45, 7) is 4.10. The molecule has 6 heteroatoms. The Kier molecular flexibility index (Phi) is 5.02. The summed E-state index contributed by atoms with van der Waals surface area (Å²) in [5, 5.41) is 11.7. The Morgan fingerprint density at radius 1 is 1.21 bits per heavy atom. The van der Waals surface area contributed by atoms with Gasteiger partial charge in [0.05, 0.1) is 11.4 Å². The maximum atomic E-state index is 4.76. The number of nitrogens with one attached hydrogen (secondary N) is 2. The van der Waals surface area contributed by atoms with Crippen molar-refractivity contribution in [1.29, 1.82) is 0 Å². The van der Waals surface area contributed by atoms with Crippen molar-refractivity contribution in [2.24, 2.45) is 0 Å². The zero-order valence-electron chi connectivity index (χ0n) is 13.7. The number of fused-ring (bicyclic) bond motifs is 1. The second-order valence-electron chi connectivity index (χ2n) is 6.14. The number of hydrogen-bond acceptors (Lipinski definition) is 4. The van der Waals surface area contributed by atoms with E-state index in [4.69, 9.17) is 4.98 Å². The smallest absolute Gasteiger partial charge is 0.158 e. The molecule has 1 aromatic carbocycles. The molecule has 1 aliphatic rings.